The lowest BCUT2D eigenvalue weighted by molar-refractivity contribution is -0.112. The van der Waals surface area contributed by atoms with Crippen molar-refractivity contribution in [3.05, 3.63) is 64.8 Å². The third kappa shape index (κ3) is 5.43. The molecular formula is C25H24ClN5O2. The second-order valence-corrected chi connectivity index (χ2v) is 8.07. The average Bonchev–Trinajstić information content (AvgIpc) is 2.81. The molecule has 3 aromatic rings. The Balaban J connectivity index is 1.76. The summed E-state index contributed by atoms with van der Waals surface area (Å²) in [6.07, 6.45) is 4.89. The second-order valence-electron chi connectivity index (χ2n) is 7.63. The first-order valence-corrected chi connectivity index (χ1v) is 11.2. The third-order valence-corrected chi connectivity index (χ3v) is 5.56. The van der Waals surface area contributed by atoms with Crippen molar-refractivity contribution in [3.63, 3.8) is 0 Å². The average molecular weight is 462 g/mol. The van der Waals surface area contributed by atoms with E-state index in [4.69, 9.17) is 16.3 Å². The Kier molecular flexibility index (Phi) is 7.08. The van der Waals surface area contributed by atoms with Crippen LogP contribution in [0, 0.1) is 11.3 Å². The third-order valence-electron chi connectivity index (χ3n) is 5.32. The SMILES string of the molecule is CCOc1cc2ncc(C#N)c(Nc3cccc(Cl)c3)c2cc1NC(=O)C=C1CCNCC1. The Morgan fingerprint density at radius 3 is 2.85 bits per heavy atom. The number of fused-ring (bicyclic) bond motifs is 1. The molecule has 2 aromatic carbocycles. The molecule has 8 heteroatoms. The summed E-state index contributed by atoms with van der Waals surface area (Å²) in [5.74, 6) is 0.314. The van der Waals surface area contributed by atoms with Crippen molar-refractivity contribution in [1.29, 1.82) is 5.26 Å². The maximum absolute atomic E-state index is 12.7. The van der Waals surface area contributed by atoms with Crippen molar-refractivity contribution in [2.24, 2.45) is 0 Å². The Bertz CT molecular complexity index is 1260. The van der Waals surface area contributed by atoms with E-state index in [1.807, 2.05) is 19.1 Å². The van der Waals surface area contributed by atoms with E-state index in [0.717, 1.165) is 37.2 Å². The van der Waals surface area contributed by atoms with Crippen LogP contribution in [0.15, 0.2) is 54.2 Å². The van der Waals surface area contributed by atoms with E-state index < -0.39 is 0 Å². The smallest absolute Gasteiger partial charge is 0.248 e. The summed E-state index contributed by atoms with van der Waals surface area (Å²) in [5, 5.41) is 20.5. The van der Waals surface area contributed by atoms with E-state index in [9.17, 15) is 10.1 Å². The van der Waals surface area contributed by atoms with Crippen molar-refractivity contribution in [2.75, 3.05) is 30.3 Å². The number of benzene rings is 2. The van der Waals surface area contributed by atoms with Crippen molar-refractivity contribution in [3.8, 4) is 11.8 Å². The topological polar surface area (TPSA) is 99.1 Å². The maximum atomic E-state index is 12.7. The number of nitrogens with zero attached hydrogens (tertiary/aromatic N) is 2. The molecule has 3 N–H and O–H groups in total. The van der Waals surface area contributed by atoms with Gasteiger partial charge >= 0.3 is 0 Å². The summed E-state index contributed by atoms with van der Waals surface area (Å²) in [5.41, 5.74) is 3.96. The van der Waals surface area contributed by atoms with Crippen LogP contribution in [0.5, 0.6) is 5.75 Å². The van der Waals surface area contributed by atoms with Gasteiger partial charge in [-0.2, -0.15) is 5.26 Å². The summed E-state index contributed by atoms with van der Waals surface area (Å²) in [6, 6.07) is 13.0. The number of pyridine rings is 1. The van der Waals surface area contributed by atoms with E-state index in [0.29, 0.717) is 45.2 Å². The van der Waals surface area contributed by atoms with Crippen molar-refractivity contribution >= 4 is 45.5 Å². The van der Waals surface area contributed by atoms with E-state index in [2.05, 4.69) is 27.0 Å². The van der Waals surface area contributed by atoms with E-state index >= 15 is 0 Å². The van der Waals surface area contributed by atoms with Crippen LogP contribution in [0.25, 0.3) is 10.9 Å². The molecular weight excluding hydrogens is 438 g/mol. The molecule has 0 unspecified atom stereocenters. The minimum absolute atomic E-state index is 0.207. The molecule has 0 spiro atoms. The highest BCUT2D eigenvalue weighted by Crippen LogP contribution is 2.36. The minimum Gasteiger partial charge on any atom is -0.492 e. The van der Waals surface area contributed by atoms with Gasteiger partial charge in [0.25, 0.3) is 0 Å². The van der Waals surface area contributed by atoms with Gasteiger partial charge in [0.15, 0.2) is 0 Å². The number of carbonyl (C=O) groups excluding carboxylic acids is 1. The second kappa shape index (κ2) is 10.3. The highest BCUT2D eigenvalue weighted by molar-refractivity contribution is 6.30. The molecule has 1 aromatic heterocycles. The van der Waals surface area contributed by atoms with Gasteiger partial charge in [-0.3, -0.25) is 9.78 Å². The fourth-order valence-corrected chi connectivity index (χ4v) is 3.96. The monoisotopic (exact) mass is 461 g/mol. The van der Waals surface area contributed by atoms with Crippen molar-refractivity contribution in [2.45, 2.75) is 19.8 Å². The van der Waals surface area contributed by atoms with Gasteiger partial charge in [0.05, 0.1) is 29.1 Å². The largest absolute Gasteiger partial charge is 0.492 e. The predicted molar refractivity (Wildman–Crippen MR) is 131 cm³/mol. The molecule has 0 saturated carbocycles. The van der Waals surface area contributed by atoms with E-state index in [-0.39, 0.29) is 5.91 Å². The number of hydrogen-bond acceptors (Lipinski definition) is 6. The first kappa shape index (κ1) is 22.6. The molecule has 1 aliphatic heterocycles. The molecule has 1 fully saturated rings. The molecule has 2 heterocycles. The standard InChI is InChI=1S/C25H24ClN5O2/c1-2-33-23-13-21-20(12-22(23)31-24(32)10-16-6-8-28-9-7-16)25(17(14-27)15-29-21)30-19-5-3-4-18(26)11-19/h3-5,10-13,15,28H,2,6-9H2,1H3,(H,29,30)(H,31,32). The van der Waals surface area contributed by atoms with Gasteiger partial charge in [-0.1, -0.05) is 23.2 Å². The number of anilines is 3. The van der Waals surface area contributed by atoms with Crippen LogP contribution in [-0.4, -0.2) is 30.6 Å². The summed E-state index contributed by atoms with van der Waals surface area (Å²) in [4.78, 5) is 17.2. The lowest BCUT2D eigenvalue weighted by Gasteiger charge is -2.17. The first-order valence-electron chi connectivity index (χ1n) is 10.8. The van der Waals surface area contributed by atoms with Gasteiger partial charge in [0.2, 0.25) is 5.91 Å². The highest BCUT2D eigenvalue weighted by Gasteiger charge is 2.16. The van der Waals surface area contributed by atoms with Crippen LogP contribution >= 0.6 is 11.6 Å². The van der Waals surface area contributed by atoms with Gasteiger partial charge in [0, 0.05) is 34.4 Å². The van der Waals surface area contributed by atoms with Crippen LogP contribution in [0.3, 0.4) is 0 Å². The Labute approximate surface area is 197 Å². The lowest BCUT2D eigenvalue weighted by Crippen LogP contribution is -2.24. The van der Waals surface area contributed by atoms with Crippen molar-refractivity contribution < 1.29 is 9.53 Å². The van der Waals surface area contributed by atoms with Crippen LogP contribution in [0.1, 0.15) is 25.3 Å². The number of amides is 1. The normalized spacial score (nSPS) is 13.3. The molecule has 7 nitrogen and oxygen atoms in total. The number of nitriles is 1. The predicted octanol–water partition coefficient (Wildman–Crippen LogP) is 5.15. The first-order chi connectivity index (χ1) is 16.1. The number of ether oxygens (including phenoxy) is 1. The van der Waals surface area contributed by atoms with Crippen LogP contribution in [0.4, 0.5) is 17.1 Å². The van der Waals surface area contributed by atoms with Gasteiger partial charge in [0.1, 0.15) is 11.8 Å². The van der Waals surface area contributed by atoms with Gasteiger partial charge in [-0.25, -0.2) is 0 Å². The van der Waals surface area contributed by atoms with Crippen molar-refractivity contribution in [1.82, 2.24) is 10.3 Å². The fourth-order valence-electron chi connectivity index (χ4n) is 3.77. The van der Waals surface area contributed by atoms with Crippen LogP contribution < -0.4 is 20.7 Å². The van der Waals surface area contributed by atoms with Gasteiger partial charge in [-0.05, 0) is 57.1 Å². The minimum atomic E-state index is -0.207. The molecule has 33 heavy (non-hydrogen) atoms. The summed E-state index contributed by atoms with van der Waals surface area (Å²) in [7, 11) is 0. The quantitative estimate of drug-likeness (QED) is 0.439. The summed E-state index contributed by atoms with van der Waals surface area (Å²) < 4.78 is 5.78. The molecule has 0 aliphatic carbocycles. The number of piperidine rings is 1. The Morgan fingerprint density at radius 1 is 1.30 bits per heavy atom. The molecule has 1 aliphatic rings. The number of hydrogen-bond donors (Lipinski definition) is 3. The van der Waals surface area contributed by atoms with Gasteiger partial charge < -0.3 is 20.7 Å². The molecule has 0 atom stereocenters. The number of halogens is 1. The lowest BCUT2D eigenvalue weighted by atomic mass is 10.0. The molecule has 4 rings (SSSR count). The maximum Gasteiger partial charge on any atom is 0.248 e. The summed E-state index contributed by atoms with van der Waals surface area (Å²) in [6.45, 7) is 4.07. The number of nitrogens with one attached hydrogen (secondary N) is 3. The zero-order valence-electron chi connectivity index (χ0n) is 18.2. The molecule has 168 valence electrons. The number of rotatable bonds is 6. The summed E-state index contributed by atoms with van der Waals surface area (Å²) >= 11 is 6.13. The Morgan fingerprint density at radius 2 is 2.12 bits per heavy atom. The zero-order valence-corrected chi connectivity index (χ0v) is 19.0. The fraction of sp³-hybridized carbons (Fsp3) is 0.240. The highest BCUT2D eigenvalue weighted by atomic mass is 35.5. The molecule has 0 radical (unpaired) electrons. The van der Waals surface area contributed by atoms with Crippen LogP contribution in [0.2, 0.25) is 5.02 Å². The van der Waals surface area contributed by atoms with E-state index in [1.165, 1.54) is 6.20 Å². The Hall–Kier alpha value is -3.60. The molecule has 1 amide bonds. The number of carbonyl (C=O) groups is 1. The number of aromatic nitrogens is 1. The zero-order chi connectivity index (χ0) is 23.2. The molecule has 1 saturated heterocycles. The van der Waals surface area contributed by atoms with E-state index in [1.54, 1.807) is 30.3 Å². The van der Waals surface area contributed by atoms with Crippen LogP contribution in [-0.2, 0) is 4.79 Å². The molecule has 0 bridgehead atoms. The van der Waals surface area contributed by atoms with Gasteiger partial charge in [-0.15, -0.1) is 0 Å².